The van der Waals surface area contributed by atoms with E-state index in [9.17, 15) is 0 Å². The smallest absolute Gasteiger partial charge is 0.243 e. The van der Waals surface area contributed by atoms with Gasteiger partial charge in [-0.25, -0.2) is 5.10 Å². The lowest BCUT2D eigenvalue weighted by Crippen LogP contribution is -2.14. The van der Waals surface area contributed by atoms with Crippen LogP contribution in [-0.4, -0.2) is 21.2 Å². The SMILES string of the molecule is CCC(C)Nc1n[nH]c(N)n1. The third kappa shape index (κ3) is 2.10. The van der Waals surface area contributed by atoms with Crippen LogP contribution < -0.4 is 11.1 Å². The largest absolute Gasteiger partial charge is 0.368 e. The van der Waals surface area contributed by atoms with Crippen molar-refractivity contribution in [2.24, 2.45) is 0 Å². The van der Waals surface area contributed by atoms with E-state index < -0.39 is 0 Å². The molecule has 0 aliphatic carbocycles. The number of H-pyrrole nitrogens is 1. The van der Waals surface area contributed by atoms with E-state index in [1.165, 1.54) is 0 Å². The minimum absolute atomic E-state index is 0.343. The van der Waals surface area contributed by atoms with Gasteiger partial charge in [-0.3, -0.25) is 0 Å². The van der Waals surface area contributed by atoms with Gasteiger partial charge in [-0.15, -0.1) is 5.10 Å². The van der Waals surface area contributed by atoms with Crippen LogP contribution in [0.1, 0.15) is 20.3 Å². The number of nitrogens with zero attached hydrogens (tertiary/aromatic N) is 2. The van der Waals surface area contributed by atoms with E-state index in [0.29, 0.717) is 17.9 Å². The standard InChI is InChI=1S/C6H13N5/c1-3-4(2)8-6-9-5(7)10-11-6/h4H,3H2,1-2H3,(H4,7,8,9,10,11). The predicted octanol–water partition coefficient (Wildman–Crippen LogP) is 0.597. The molecule has 62 valence electrons. The lowest BCUT2D eigenvalue weighted by atomic mass is 10.3. The first-order chi connectivity index (χ1) is 5.22. The number of rotatable bonds is 3. The quantitative estimate of drug-likeness (QED) is 0.597. The van der Waals surface area contributed by atoms with E-state index in [2.05, 4.69) is 34.3 Å². The molecule has 1 aromatic rings. The van der Waals surface area contributed by atoms with Crippen molar-refractivity contribution in [3.05, 3.63) is 0 Å². The Labute approximate surface area is 65.4 Å². The summed E-state index contributed by atoms with van der Waals surface area (Å²) in [4.78, 5) is 3.90. The maximum Gasteiger partial charge on any atom is 0.243 e. The van der Waals surface area contributed by atoms with Gasteiger partial charge in [0, 0.05) is 6.04 Å². The monoisotopic (exact) mass is 155 g/mol. The fraction of sp³-hybridized carbons (Fsp3) is 0.667. The fourth-order valence-electron chi connectivity index (χ4n) is 0.661. The Bertz CT molecular complexity index is 219. The first-order valence-electron chi connectivity index (χ1n) is 3.66. The molecule has 0 fully saturated rings. The summed E-state index contributed by atoms with van der Waals surface area (Å²) in [6.45, 7) is 4.15. The molecule has 0 saturated heterocycles. The van der Waals surface area contributed by atoms with Gasteiger partial charge in [0.15, 0.2) is 0 Å². The molecule has 4 N–H and O–H groups in total. The van der Waals surface area contributed by atoms with Crippen LogP contribution in [0.3, 0.4) is 0 Å². The summed E-state index contributed by atoms with van der Waals surface area (Å²) >= 11 is 0. The molecule has 0 amide bonds. The highest BCUT2D eigenvalue weighted by atomic mass is 15.3. The molecule has 1 rings (SSSR count). The highest BCUT2D eigenvalue weighted by molar-refractivity contribution is 5.30. The van der Waals surface area contributed by atoms with Gasteiger partial charge in [0.25, 0.3) is 0 Å². The Morgan fingerprint density at radius 3 is 2.91 bits per heavy atom. The lowest BCUT2D eigenvalue weighted by molar-refractivity contribution is 0.754. The number of nitrogen functional groups attached to an aromatic ring is 1. The zero-order valence-electron chi connectivity index (χ0n) is 6.76. The number of hydrogen-bond acceptors (Lipinski definition) is 4. The molecule has 1 atom stereocenters. The predicted molar refractivity (Wildman–Crippen MR) is 44.2 cm³/mol. The van der Waals surface area contributed by atoms with Gasteiger partial charge in [-0.05, 0) is 13.3 Å². The zero-order chi connectivity index (χ0) is 8.27. The molecule has 0 aliphatic rings. The molecule has 0 bridgehead atoms. The Balaban J connectivity index is 2.50. The molecular weight excluding hydrogens is 142 g/mol. The van der Waals surface area contributed by atoms with Crippen molar-refractivity contribution in [2.75, 3.05) is 11.1 Å². The Kier molecular flexibility index (Phi) is 2.30. The summed E-state index contributed by atoms with van der Waals surface area (Å²) in [5.74, 6) is 0.910. The fourth-order valence-corrected chi connectivity index (χ4v) is 0.661. The molecule has 11 heavy (non-hydrogen) atoms. The Hall–Kier alpha value is -1.26. The Morgan fingerprint density at radius 1 is 1.73 bits per heavy atom. The molecule has 0 saturated carbocycles. The summed E-state index contributed by atoms with van der Waals surface area (Å²) < 4.78 is 0. The van der Waals surface area contributed by atoms with Gasteiger partial charge >= 0.3 is 0 Å². The topological polar surface area (TPSA) is 79.6 Å². The van der Waals surface area contributed by atoms with Crippen molar-refractivity contribution >= 4 is 11.9 Å². The van der Waals surface area contributed by atoms with E-state index in [-0.39, 0.29) is 0 Å². The van der Waals surface area contributed by atoms with Crippen LogP contribution >= 0.6 is 0 Å². The summed E-state index contributed by atoms with van der Waals surface area (Å²) in [5, 5.41) is 9.46. The van der Waals surface area contributed by atoms with Crippen LogP contribution in [0.15, 0.2) is 0 Å². The van der Waals surface area contributed by atoms with Crippen molar-refractivity contribution in [3.8, 4) is 0 Å². The van der Waals surface area contributed by atoms with Gasteiger partial charge < -0.3 is 11.1 Å². The highest BCUT2D eigenvalue weighted by Gasteiger charge is 2.02. The van der Waals surface area contributed by atoms with Crippen LogP contribution in [0.25, 0.3) is 0 Å². The summed E-state index contributed by atoms with van der Waals surface area (Å²) in [5.41, 5.74) is 5.33. The van der Waals surface area contributed by atoms with Crippen LogP contribution in [0.2, 0.25) is 0 Å². The van der Waals surface area contributed by atoms with Crippen molar-refractivity contribution in [2.45, 2.75) is 26.3 Å². The van der Waals surface area contributed by atoms with Crippen LogP contribution in [0, 0.1) is 0 Å². The van der Waals surface area contributed by atoms with Crippen molar-refractivity contribution < 1.29 is 0 Å². The van der Waals surface area contributed by atoms with E-state index in [4.69, 9.17) is 5.73 Å². The number of aromatic nitrogens is 3. The van der Waals surface area contributed by atoms with Gasteiger partial charge in [-0.2, -0.15) is 4.98 Å². The van der Waals surface area contributed by atoms with Gasteiger partial charge in [0.1, 0.15) is 0 Å². The molecular formula is C6H13N5. The summed E-state index contributed by atoms with van der Waals surface area (Å²) in [7, 11) is 0. The molecule has 0 aromatic carbocycles. The molecule has 0 aliphatic heterocycles. The second-order valence-corrected chi connectivity index (χ2v) is 2.50. The van der Waals surface area contributed by atoms with Crippen molar-refractivity contribution in [3.63, 3.8) is 0 Å². The van der Waals surface area contributed by atoms with Crippen molar-refractivity contribution in [1.29, 1.82) is 0 Å². The van der Waals surface area contributed by atoms with E-state index in [0.717, 1.165) is 6.42 Å². The minimum Gasteiger partial charge on any atom is -0.368 e. The highest BCUT2D eigenvalue weighted by Crippen LogP contribution is 2.02. The molecule has 0 radical (unpaired) electrons. The molecule has 1 heterocycles. The van der Waals surface area contributed by atoms with E-state index >= 15 is 0 Å². The maximum atomic E-state index is 5.33. The van der Waals surface area contributed by atoms with Crippen LogP contribution in [0.5, 0.6) is 0 Å². The molecule has 1 unspecified atom stereocenters. The average molecular weight is 155 g/mol. The zero-order valence-corrected chi connectivity index (χ0v) is 6.76. The summed E-state index contributed by atoms with van der Waals surface area (Å²) in [6, 6.07) is 0.380. The Morgan fingerprint density at radius 2 is 2.45 bits per heavy atom. The maximum absolute atomic E-state index is 5.33. The van der Waals surface area contributed by atoms with E-state index in [1.807, 2.05) is 0 Å². The second-order valence-electron chi connectivity index (χ2n) is 2.50. The average Bonchev–Trinajstić information content (AvgIpc) is 2.35. The van der Waals surface area contributed by atoms with E-state index in [1.54, 1.807) is 0 Å². The molecule has 5 nitrogen and oxygen atoms in total. The second kappa shape index (κ2) is 3.23. The van der Waals surface area contributed by atoms with Gasteiger partial charge in [0.2, 0.25) is 11.9 Å². The minimum atomic E-state index is 0.343. The molecule has 0 spiro atoms. The number of nitrogens with two attached hydrogens (primary N) is 1. The van der Waals surface area contributed by atoms with Crippen molar-refractivity contribution in [1.82, 2.24) is 15.2 Å². The van der Waals surface area contributed by atoms with Gasteiger partial charge in [0.05, 0.1) is 0 Å². The normalized spacial score (nSPS) is 12.9. The third-order valence-corrected chi connectivity index (χ3v) is 1.49. The first-order valence-corrected chi connectivity index (χ1v) is 3.66. The molecule has 5 heteroatoms. The van der Waals surface area contributed by atoms with Gasteiger partial charge in [-0.1, -0.05) is 6.92 Å². The number of nitrogens with one attached hydrogen (secondary N) is 2. The third-order valence-electron chi connectivity index (χ3n) is 1.49. The lowest BCUT2D eigenvalue weighted by Gasteiger charge is -2.07. The number of hydrogen-bond donors (Lipinski definition) is 3. The molecule has 1 aromatic heterocycles. The van der Waals surface area contributed by atoms with Crippen LogP contribution in [-0.2, 0) is 0 Å². The number of aromatic amines is 1. The van der Waals surface area contributed by atoms with Crippen LogP contribution in [0.4, 0.5) is 11.9 Å². The first kappa shape index (κ1) is 7.84. The number of anilines is 2. The summed E-state index contributed by atoms with van der Waals surface area (Å²) in [6.07, 6.45) is 1.04.